The van der Waals surface area contributed by atoms with Crippen LogP contribution >= 0.6 is 0 Å². The third kappa shape index (κ3) is 3.65. The van der Waals surface area contributed by atoms with Gasteiger partial charge in [-0.2, -0.15) is 0 Å². The van der Waals surface area contributed by atoms with Crippen LogP contribution in [0.5, 0.6) is 0 Å². The highest BCUT2D eigenvalue weighted by molar-refractivity contribution is 4.76. The van der Waals surface area contributed by atoms with E-state index in [0.29, 0.717) is 18.4 Å². The molecule has 3 atom stereocenters. The molecule has 2 nitrogen and oxygen atoms in total. The predicted molar refractivity (Wildman–Crippen MR) is 53.6 cm³/mol. The molecule has 0 aromatic rings. The third-order valence-electron chi connectivity index (χ3n) is 2.74. The van der Waals surface area contributed by atoms with Gasteiger partial charge in [0.25, 0.3) is 0 Å². The lowest BCUT2D eigenvalue weighted by Gasteiger charge is -2.19. The molecule has 0 aromatic heterocycles. The second-order valence-electron chi connectivity index (χ2n) is 4.84. The highest BCUT2D eigenvalue weighted by Gasteiger charge is 2.27. The van der Waals surface area contributed by atoms with Crippen molar-refractivity contribution in [2.45, 2.75) is 39.7 Å². The number of aliphatic hydroxyl groups is 1. The monoisotopic (exact) mass is 186 g/mol. The Bertz CT molecular complexity index is 145. The van der Waals surface area contributed by atoms with Crippen LogP contribution < -0.4 is 0 Å². The normalized spacial score (nSPS) is 31.2. The Morgan fingerprint density at radius 1 is 1.31 bits per heavy atom. The zero-order valence-corrected chi connectivity index (χ0v) is 8.99. The molecule has 1 rings (SSSR count). The largest absolute Gasteiger partial charge is 0.390 e. The molecule has 1 N–H and O–H groups in total. The molecular weight excluding hydrogens is 164 g/mol. The molecule has 2 heteroatoms. The zero-order chi connectivity index (χ0) is 9.84. The minimum absolute atomic E-state index is 0.213. The fourth-order valence-corrected chi connectivity index (χ4v) is 2.23. The van der Waals surface area contributed by atoms with Gasteiger partial charge in [-0.05, 0) is 24.7 Å². The van der Waals surface area contributed by atoms with E-state index in [1.165, 1.54) is 6.42 Å². The average Bonchev–Trinajstić information content (AvgIpc) is 2.34. The van der Waals surface area contributed by atoms with Crippen molar-refractivity contribution in [1.29, 1.82) is 0 Å². The van der Waals surface area contributed by atoms with Gasteiger partial charge >= 0.3 is 0 Å². The summed E-state index contributed by atoms with van der Waals surface area (Å²) in [6, 6.07) is 0. The Labute approximate surface area is 81.3 Å². The van der Waals surface area contributed by atoms with E-state index < -0.39 is 0 Å². The molecule has 0 aromatic carbocycles. The smallest absolute Gasteiger partial charge is 0.0823 e. The first-order valence-corrected chi connectivity index (χ1v) is 5.35. The van der Waals surface area contributed by atoms with E-state index >= 15 is 0 Å². The minimum atomic E-state index is -0.213. The first-order valence-electron chi connectivity index (χ1n) is 5.35. The molecule has 0 spiro atoms. The second-order valence-corrected chi connectivity index (χ2v) is 4.84. The summed E-state index contributed by atoms with van der Waals surface area (Å²) in [5.74, 6) is 1.85. The summed E-state index contributed by atoms with van der Waals surface area (Å²) in [6.45, 7) is 8.06. The van der Waals surface area contributed by atoms with E-state index in [2.05, 4.69) is 20.8 Å². The van der Waals surface area contributed by atoms with Gasteiger partial charge in [0.15, 0.2) is 0 Å². The molecule has 0 radical (unpaired) electrons. The molecule has 1 aliphatic rings. The number of hydrogen-bond donors (Lipinski definition) is 1. The van der Waals surface area contributed by atoms with E-state index in [9.17, 15) is 5.11 Å². The van der Waals surface area contributed by atoms with E-state index in [1.54, 1.807) is 0 Å². The summed E-state index contributed by atoms with van der Waals surface area (Å²) in [5.41, 5.74) is 0. The van der Waals surface area contributed by atoms with Crippen LogP contribution in [0, 0.1) is 17.8 Å². The number of rotatable bonds is 4. The van der Waals surface area contributed by atoms with Gasteiger partial charge in [0, 0.05) is 5.92 Å². The standard InChI is InChI=1S/C11H22O2/c1-8(2)4-9(3)5-10-6-13-7-11(10)12/h8-12H,4-7H2,1-3H3/t9?,10-,11-/m1/s1. The van der Waals surface area contributed by atoms with Gasteiger partial charge in [0.1, 0.15) is 0 Å². The molecule has 1 saturated heterocycles. The van der Waals surface area contributed by atoms with Gasteiger partial charge in [-0.1, -0.05) is 20.8 Å². The fraction of sp³-hybridized carbons (Fsp3) is 1.00. The van der Waals surface area contributed by atoms with Gasteiger partial charge in [0.2, 0.25) is 0 Å². The molecule has 78 valence electrons. The van der Waals surface area contributed by atoms with Gasteiger partial charge in [-0.15, -0.1) is 0 Å². The lowest BCUT2D eigenvalue weighted by molar-refractivity contribution is 0.113. The van der Waals surface area contributed by atoms with Crippen molar-refractivity contribution in [2.24, 2.45) is 17.8 Å². The Balaban J connectivity index is 2.22. The molecule has 1 aliphatic heterocycles. The van der Waals surface area contributed by atoms with Crippen molar-refractivity contribution in [3.8, 4) is 0 Å². The molecule has 13 heavy (non-hydrogen) atoms. The minimum Gasteiger partial charge on any atom is -0.390 e. The van der Waals surface area contributed by atoms with Crippen LogP contribution in [-0.4, -0.2) is 24.4 Å². The summed E-state index contributed by atoms with van der Waals surface area (Å²) in [4.78, 5) is 0. The maximum absolute atomic E-state index is 9.55. The van der Waals surface area contributed by atoms with Crippen molar-refractivity contribution < 1.29 is 9.84 Å². The van der Waals surface area contributed by atoms with E-state index in [4.69, 9.17) is 4.74 Å². The predicted octanol–water partition coefficient (Wildman–Crippen LogP) is 2.07. The van der Waals surface area contributed by atoms with Crippen LogP contribution in [0.4, 0.5) is 0 Å². The highest BCUT2D eigenvalue weighted by Crippen LogP contribution is 2.25. The van der Waals surface area contributed by atoms with Crippen LogP contribution in [0.2, 0.25) is 0 Å². The Morgan fingerprint density at radius 2 is 2.00 bits per heavy atom. The third-order valence-corrected chi connectivity index (χ3v) is 2.74. The van der Waals surface area contributed by atoms with Crippen LogP contribution in [0.15, 0.2) is 0 Å². The lowest BCUT2D eigenvalue weighted by Crippen LogP contribution is -2.20. The number of hydrogen-bond acceptors (Lipinski definition) is 2. The molecule has 1 heterocycles. The average molecular weight is 186 g/mol. The summed E-state index contributed by atoms with van der Waals surface area (Å²) in [6.07, 6.45) is 2.15. The second kappa shape index (κ2) is 4.97. The molecule has 1 fully saturated rings. The van der Waals surface area contributed by atoms with Crippen LogP contribution in [0.25, 0.3) is 0 Å². The fourth-order valence-electron chi connectivity index (χ4n) is 2.23. The Hall–Kier alpha value is -0.0800. The van der Waals surface area contributed by atoms with E-state index in [-0.39, 0.29) is 6.10 Å². The zero-order valence-electron chi connectivity index (χ0n) is 8.99. The molecule has 0 saturated carbocycles. The van der Waals surface area contributed by atoms with Gasteiger partial charge < -0.3 is 9.84 Å². The summed E-state index contributed by atoms with van der Waals surface area (Å²) in [7, 11) is 0. The van der Waals surface area contributed by atoms with E-state index in [1.807, 2.05) is 0 Å². The van der Waals surface area contributed by atoms with Crippen molar-refractivity contribution in [1.82, 2.24) is 0 Å². The summed E-state index contributed by atoms with van der Waals surface area (Å²) in [5, 5.41) is 9.55. The SMILES string of the molecule is CC(C)CC(C)C[C@@H]1COC[C@H]1O. The van der Waals surface area contributed by atoms with Crippen molar-refractivity contribution in [3.05, 3.63) is 0 Å². The van der Waals surface area contributed by atoms with Crippen molar-refractivity contribution in [2.75, 3.05) is 13.2 Å². The Morgan fingerprint density at radius 3 is 2.46 bits per heavy atom. The van der Waals surface area contributed by atoms with Gasteiger partial charge in [-0.25, -0.2) is 0 Å². The molecule has 0 aliphatic carbocycles. The summed E-state index contributed by atoms with van der Waals surface area (Å²) >= 11 is 0. The highest BCUT2D eigenvalue weighted by atomic mass is 16.5. The van der Waals surface area contributed by atoms with Crippen molar-refractivity contribution >= 4 is 0 Å². The molecule has 1 unspecified atom stereocenters. The first-order chi connectivity index (χ1) is 6.09. The Kier molecular flexibility index (Phi) is 4.20. The van der Waals surface area contributed by atoms with Gasteiger partial charge in [-0.3, -0.25) is 0 Å². The quantitative estimate of drug-likeness (QED) is 0.728. The van der Waals surface area contributed by atoms with Gasteiger partial charge in [0.05, 0.1) is 19.3 Å². The summed E-state index contributed by atoms with van der Waals surface area (Å²) < 4.78 is 5.23. The maximum Gasteiger partial charge on any atom is 0.0823 e. The molecule has 0 amide bonds. The number of ether oxygens (including phenoxy) is 1. The number of aliphatic hydroxyl groups excluding tert-OH is 1. The van der Waals surface area contributed by atoms with E-state index in [0.717, 1.165) is 18.9 Å². The maximum atomic E-state index is 9.55. The topological polar surface area (TPSA) is 29.5 Å². The van der Waals surface area contributed by atoms with Crippen LogP contribution in [-0.2, 0) is 4.74 Å². The van der Waals surface area contributed by atoms with Crippen LogP contribution in [0.1, 0.15) is 33.6 Å². The molecular formula is C11H22O2. The first kappa shape index (κ1) is 11.0. The molecule has 0 bridgehead atoms. The van der Waals surface area contributed by atoms with Crippen LogP contribution in [0.3, 0.4) is 0 Å². The van der Waals surface area contributed by atoms with Crippen molar-refractivity contribution in [3.63, 3.8) is 0 Å². The lowest BCUT2D eigenvalue weighted by atomic mass is 9.88.